The van der Waals surface area contributed by atoms with Crippen molar-refractivity contribution in [1.82, 2.24) is 10.2 Å². The van der Waals surface area contributed by atoms with Gasteiger partial charge in [0.2, 0.25) is 5.91 Å². The summed E-state index contributed by atoms with van der Waals surface area (Å²) in [6.45, 7) is 3.74. The summed E-state index contributed by atoms with van der Waals surface area (Å²) in [6, 6.07) is 15.3. The van der Waals surface area contributed by atoms with E-state index in [1.807, 2.05) is 68.4 Å². The van der Waals surface area contributed by atoms with Gasteiger partial charge in [0.15, 0.2) is 6.29 Å². The highest BCUT2D eigenvalue weighted by atomic mass is 16.6. The Bertz CT molecular complexity index is 887. The molecule has 32 heavy (non-hydrogen) atoms. The van der Waals surface area contributed by atoms with E-state index in [4.69, 9.17) is 14.2 Å². The van der Waals surface area contributed by atoms with Crippen LogP contribution in [0.1, 0.15) is 25.0 Å². The van der Waals surface area contributed by atoms with Crippen LogP contribution in [-0.2, 0) is 27.3 Å². The smallest absolute Gasteiger partial charge is 0.408 e. The molecule has 2 amide bonds. The molecule has 3 unspecified atom stereocenters. The maximum atomic E-state index is 13.3. The Balaban J connectivity index is 1.64. The lowest BCUT2D eigenvalue weighted by molar-refractivity contribution is -0.136. The second kappa shape index (κ2) is 11.0. The Kier molecular flexibility index (Phi) is 8.08. The van der Waals surface area contributed by atoms with Crippen LogP contribution in [0.2, 0.25) is 0 Å². The van der Waals surface area contributed by atoms with Crippen molar-refractivity contribution in [2.24, 2.45) is 5.92 Å². The van der Waals surface area contributed by atoms with Crippen LogP contribution >= 0.6 is 0 Å². The molecule has 1 saturated heterocycles. The third kappa shape index (κ3) is 5.99. The van der Waals surface area contributed by atoms with Gasteiger partial charge in [-0.15, -0.1) is 0 Å². The number of nitrogens with zero attached hydrogens (tertiary/aromatic N) is 1. The summed E-state index contributed by atoms with van der Waals surface area (Å²) in [5.74, 6) is 0.209. The second-order valence-electron chi connectivity index (χ2n) is 8.04. The summed E-state index contributed by atoms with van der Waals surface area (Å²) in [7, 11) is 1.59. The zero-order valence-corrected chi connectivity index (χ0v) is 18.6. The van der Waals surface area contributed by atoms with Crippen LogP contribution in [0.15, 0.2) is 54.6 Å². The van der Waals surface area contributed by atoms with Gasteiger partial charge in [-0.05, 0) is 35.6 Å². The van der Waals surface area contributed by atoms with Gasteiger partial charge in [-0.1, -0.05) is 56.3 Å². The molecule has 1 aliphatic heterocycles. The minimum Gasteiger partial charge on any atom is -0.497 e. The average Bonchev–Trinajstić information content (AvgIpc) is 3.16. The van der Waals surface area contributed by atoms with Crippen molar-refractivity contribution >= 4 is 12.0 Å². The van der Waals surface area contributed by atoms with Gasteiger partial charge in [0.25, 0.3) is 0 Å². The Morgan fingerprint density at radius 3 is 2.44 bits per heavy atom. The van der Waals surface area contributed by atoms with Crippen LogP contribution in [-0.4, -0.2) is 54.2 Å². The Morgan fingerprint density at radius 1 is 1.12 bits per heavy atom. The van der Waals surface area contributed by atoms with E-state index >= 15 is 0 Å². The summed E-state index contributed by atoms with van der Waals surface area (Å²) in [5, 5.41) is 13.0. The average molecular weight is 443 g/mol. The van der Waals surface area contributed by atoms with Crippen molar-refractivity contribution in [3.63, 3.8) is 0 Å². The molecule has 1 heterocycles. The van der Waals surface area contributed by atoms with Crippen molar-refractivity contribution in [1.29, 1.82) is 0 Å². The van der Waals surface area contributed by atoms with Crippen LogP contribution in [0.4, 0.5) is 4.79 Å². The number of methoxy groups -OCH3 is 1. The molecule has 0 saturated carbocycles. The maximum absolute atomic E-state index is 13.3. The molecule has 2 N–H and O–H groups in total. The molecule has 0 radical (unpaired) electrons. The number of benzene rings is 2. The van der Waals surface area contributed by atoms with Gasteiger partial charge in [0, 0.05) is 0 Å². The van der Waals surface area contributed by atoms with Crippen LogP contribution in [0.3, 0.4) is 0 Å². The van der Waals surface area contributed by atoms with E-state index in [2.05, 4.69) is 5.32 Å². The molecule has 1 aliphatic rings. The van der Waals surface area contributed by atoms with Crippen LogP contribution < -0.4 is 10.1 Å². The fourth-order valence-corrected chi connectivity index (χ4v) is 3.54. The molecule has 0 aliphatic carbocycles. The first-order valence-corrected chi connectivity index (χ1v) is 10.6. The summed E-state index contributed by atoms with van der Waals surface area (Å²) >= 11 is 0. The lowest BCUT2D eigenvalue weighted by Crippen LogP contribution is -2.53. The second-order valence-corrected chi connectivity index (χ2v) is 8.04. The molecule has 2 aromatic rings. The maximum Gasteiger partial charge on any atom is 0.408 e. The molecule has 2 aromatic carbocycles. The van der Waals surface area contributed by atoms with Crippen molar-refractivity contribution in [3.8, 4) is 5.75 Å². The Labute approximate surface area is 188 Å². The monoisotopic (exact) mass is 442 g/mol. The van der Waals surface area contributed by atoms with E-state index in [9.17, 15) is 14.7 Å². The summed E-state index contributed by atoms with van der Waals surface area (Å²) in [4.78, 5) is 27.1. The number of ether oxygens (including phenoxy) is 3. The highest BCUT2D eigenvalue weighted by Gasteiger charge is 2.41. The Morgan fingerprint density at radius 2 is 1.81 bits per heavy atom. The van der Waals surface area contributed by atoms with Crippen molar-refractivity contribution in [2.45, 2.75) is 45.2 Å². The number of carbonyl (C=O) groups excluding carboxylic acids is 2. The van der Waals surface area contributed by atoms with Gasteiger partial charge >= 0.3 is 6.09 Å². The number of alkyl carbamates (subject to hydrolysis) is 1. The van der Waals surface area contributed by atoms with E-state index < -0.39 is 24.5 Å². The lowest BCUT2D eigenvalue weighted by Gasteiger charge is -2.30. The number of hydrogen-bond donors (Lipinski definition) is 2. The van der Waals surface area contributed by atoms with E-state index in [1.165, 1.54) is 4.90 Å². The molecule has 0 aromatic heterocycles. The fraction of sp³-hybridized carbons (Fsp3) is 0.417. The van der Waals surface area contributed by atoms with Gasteiger partial charge in [0.05, 0.1) is 13.2 Å². The van der Waals surface area contributed by atoms with Gasteiger partial charge in [-0.25, -0.2) is 4.79 Å². The number of carbonyl (C=O) groups is 2. The minimum absolute atomic E-state index is 0.0508. The zero-order chi connectivity index (χ0) is 23.1. The van der Waals surface area contributed by atoms with Gasteiger partial charge in [0.1, 0.15) is 25.1 Å². The third-order valence-electron chi connectivity index (χ3n) is 5.42. The van der Waals surface area contributed by atoms with Crippen molar-refractivity contribution in [3.05, 3.63) is 65.7 Å². The molecule has 8 nitrogen and oxygen atoms in total. The number of aliphatic hydroxyl groups excluding tert-OH is 1. The first-order valence-electron chi connectivity index (χ1n) is 10.6. The number of rotatable bonds is 8. The number of amides is 2. The normalized spacial score (nSPS) is 19.0. The summed E-state index contributed by atoms with van der Waals surface area (Å²) < 4.78 is 15.8. The summed E-state index contributed by atoms with van der Waals surface area (Å²) in [5.41, 5.74) is 1.78. The minimum atomic E-state index is -1.11. The molecular weight excluding hydrogens is 412 g/mol. The number of hydrogen-bond acceptors (Lipinski definition) is 6. The van der Waals surface area contributed by atoms with E-state index in [0.717, 1.165) is 16.9 Å². The topological polar surface area (TPSA) is 97.3 Å². The molecule has 3 atom stereocenters. The molecular formula is C24H30N2O6. The first-order chi connectivity index (χ1) is 15.4. The molecule has 0 spiro atoms. The van der Waals surface area contributed by atoms with Crippen LogP contribution in [0.25, 0.3) is 0 Å². The standard InChI is InChI=1S/C24H30N2O6/c1-16(2)21(25-24(29)31-14-18-7-5-4-6-8-18)22(27)26-15-32-23(28)20(26)13-17-9-11-19(30-3)12-10-17/h4-12,16,20-21,23,28H,13-15H2,1-3H3,(H,25,29). The van der Waals surface area contributed by atoms with Gasteiger partial charge < -0.3 is 29.5 Å². The quantitative estimate of drug-likeness (QED) is 0.653. The van der Waals surface area contributed by atoms with Crippen molar-refractivity contribution in [2.75, 3.05) is 13.8 Å². The molecule has 1 fully saturated rings. The predicted octanol–water partition coefficient (Wildman–Crippen LogP) is 2.69. The first kappa shape index (κ1) is 23.6. The molecule has 8 heteroatoms. The number of aliphatic hydroxyl groups is 1. The predicted molar refractivity (Wildman–Crippen MR) is 118 cm³/mol. The van der Waals surface area contributed by atoms with E-state index in [1.54, 1.807) is 7.11 Å². The molecule has 172 valence electrons. The zero-order valence-electron chi connectivity index (χ0n) is 18.6. The molecule has 3 rings (SSSR count). The highest BCUT2D eigenvalue weighted by molar-refractivity contribution is 5.86. The van der Waals surface area contributed by atoms with Crippen molar-refractivity contribution < 1.29 is 28.9 Å². The van der Waals surface area contributed by atoms with E-state index in [0.29, 0.717) is 6.42 Å². The SMILES string of the molecule is COc1ccc(CC2C(O)OCN2C(=O)C(NC(=O)OCc2ccccc2)C(C)C)cc1. The van der Waals surface area contributed by atoms with Gasteiger partial charge in [-0.2, -0.15) is 0 Å². The number of nitrogens with one attached hydrogen (secondary N) is 1. The largest absolute Gasteiger partial charge is 0.497 e. The lowest BCUT2D eigenvalue weighted by atomic mass is 10.00. The van der Waals surface area contributed by atoms with Crippen LogP contribution in [0, 0.1) is 5.92 Å². The molecule has 0 bridgehead atoms. The van der Waals surface area contributed by atoms with Gasteiger partial charge in [-0.3, -0.25) is 4.79 Å². The van der Waals surface area contributed by atoms with E-state index in [-0.39, 0.29) is 25.2 Å². The summed E-state index contributed by atoms with van der Waals surface area (Å²) in [6.07, 6.45) is -1.38. The highest BCUT2D eigenvalue weighted by Crippen LogP contribution is 2.23. The third-order valence-corrected chi connectivity index (χ3v) is 5.42. The fourth-order valence-electron chi connectivity index (χ4n) is 3.54. The Hall–Kier alpha value is -3.10. The van der Waals surface area contributed by atoms with Crippen LogP contribution in [0.5, 0.6) is 5.75 Å².